The van der Waals surface area contributed by atoms with Gasteiger partial charge in [-0.25, -0.2) is 18.1 Å². The van der Waals surface area contributed by atoms with E-state index in [9.17, 15) is 42.5 Å². The molecule has 90 heavy (non-hydrogen) atoms. The van der Waals surface area contributed by atoms with Gasteiger partial charge in [-0.1, -0.05) is 61.1 Å². The van der Waals surface area contributed by atoms with Crippen LogP contribution in [0.4, 0.5) is 17.1 Å². The molecule has 6 heterocycles. The van der Waals surface area contributed by atoms with Crippen LogP contribution < -0.4 is 25.0 Å². The lowest BCUT2D eigenvalue weighted by atomic mass is 9.72. The minimum Gasteiger partial charge on any atom is -0.455 e. The van der Waals surface area contributed by atoms with Crippen molar-refractivity contribution in [2.24, 2.45) is 11.3 Å². The van der Waals surface area contributed by atoms with Crippen LogP contribution >= 0.6 is 11.6 Å². The summed E-state index contributed by atoms with van der Waals surface area (Å²) in [6.45, 7) is 10.5. The molecule has 0 saturated carbocycles. The largest absolute Gasteiger partial charge is 0.455 e. The van der Waals surface area contributed by atoms with Crippen molar-refractivity contribution < 1.29 is 51.5 Å². The van der Waals surface area contributed by atoms with Crippen LogP contribution in [0.3, 0.4) is 0 Å². The summed E-state index contributed by atoms with van der Waals surface area (Å²) in [6.07, 6.45) is 8.46. The topological polar surface area (TPSA) is 268 Å². The number of amides is 5. The quantitative estimate of drug-likeness (QED) is 0.0172. The molecule has 1 unspecified atom stereocenters. The predicted molar refractivity (Wildman–Crippen MR) is 338 cm³/mol. The molecular weight excluding hydrogens is 1190 g/mol. The van der Waals surface area contributed by atoms with Gasteiger partial charge >= 0.3 is 0 Å². The number of nitrogens with zero attached hydrogens (tertiary/aromatic N) is 6. The number of imide groups is 1. The number of rotatable bonds is 21. The molecule has 2 aromatic heterocycles. The van der Waals surface area contributed by atoms with Gasteiger partial charge in [0.2, 0.25) is 17.7 Å². The highest BCUT2D eigenvalue weighted by molar-refractivity contribution is 7.90. The second-order valence-corrected chi connectivity index (χ2v) is 26.2. The zero-order chi connectivity index (χ0) is 63.1. The Bertz CT molecular complexity index is 3960. The molecular formula is C66H71ClN10O12S. The molecule has 4 aliphatic heterocycles. The molecule has 3 saturated heterocycles. The predicted octanol–water partition coefficient (Wildman–Crippen LogP) is 8.71. The Morgan fingerprint density at radius 2 is 1.69 bits per heavy atom. The number of allylic oxidation sites excluding steroid dienone is 1. The Morgan fingerprint density at radius 3 is 2.47 bits per heavy atom. The molecule has 24 heteroatoms. The molecule has 0 spiro atoms. The van der Waals surface area contributed by atoms with E-state index in [4.69, 9.17) is 25.8 Å². The van der Waals surface area contributed by atoms with Gasteiger partial charge in [-0.3, -0.25) is 44.3 Å². The summed E-state index contributed by atoms with van der Waals surface area (Å²) >= 11 is 6.27. The van der Waals surface area contributed by atoms with Crippen LogP contribution in [0.2, 0.25) is 5.02 Å². The number of aromatic nitrogens is 2. The van der Waals surface area contributed by atoms with E-state index in [0.29, 0.717) is 86.1 Å². The van der Waals surface area contributed by atoms with Gasteiger partial charge in [-0.15, -0.1) is 0 Å². The second kappa shape index (κ2) is 27.6. The Kier molecular flexibility index (Phi) is 19.3. The van der Waals surface area contributed by atoms with E-state index in [0.717, 1.165) is 61.6 Å². The van der Waals surface area contributed by atoms with Crippen LogP contribution in [0.1, 0.15) is 103 Å². The maximum absolute atomic E-state index is 14.2. The highest BCUT2D eigenvalue weighted by atomic mass is 35.5. The van der Waals surface area contributed by atoms with Gasteiger partial charge in [0.1, 0.15) is 35.5 Å². The maximum atomic E-state index is 14.2. The Labute approximate surface area is 526 Å². The van der Waals surface area contributed by atoms with Crippen LogP contribution in [0.5, 0.6) is 11.5 Å². The van der Waals surface area contributed by atoms with E-state index in [1.54, 1.807) is 41.4 Å². The molecule has 4 aromatic carbocycles. The fourth-order valence-corrected chi connectivity index (χ4v) is 13.4. The van der Waals surface area contributed by atoms with E-state index in [2.05, 4.69) is 72.9 Å². The number of piperazine rings is 1. The van der Waals surface area contributed by atoms with Crippen molar-refractivity contribution in [2.45, 2.75) is 82.7 Å². The molecule has 470 valence electrons. The van der Waals surface area contributed by atoms with Crippen molar-refractivity contribution in [3.63, 3.8) is 0 Å². The van der Waals surface area contributed by atoms with Crippen molar-refractivity contribution in [1.29, 1.82) is 0 Å². The number of fused-ring (bicyclic) bond motifs is 2. The van der Waals surface area contributed by atoms with Crippen molar-refractivity contribution >= 4 is 84.8 Å². The number of benzene rings is 4. The monoisotopic (exact) mass is 1260 g/mol. The SMILES string of the molecule is CC1(C)CCC(CN2CCN(c3ccc(C(=O)NS(=O)(=O)c4ccc(NCC5CCN(C(=O)COCCOCCC#Cc6cccc7c6CN(C6CCC(=O)NC6=O)C7=O)CC5)c([N+](=O)[O-])c4)c(Oc4cnc5[nH]ccc5c4)c3)CC2)=C(c2ccc(Cl)cc2)C1. The molecule has 6 aromatic rings. The lowest BCUT2D eigenvalue weighted by Crippen LogP contribution is -2.52. The highest BCUT2D eigenvalue weighted by Crippen LogP contribution is 2.44. The molecule has 5 aliphatic rings. The van der Waals surface area contributed by atoms with Gasteiger partial charge in [-0.2, -0.15) is 0 Å². The van der Waals surface area contributed by atoms with E-state index in [1.165, 1.54) is 46.0 Å². The summed E-state index contributed by atoms with van der Waals surface area (Å²) in [5.74, 6) is 4.40. The van der Waals surface area contributed by atoms with Crippen molar-refractivity contribution in [2.75, 3.05) is 89.0 Å². The number of ether oxygens (including phenoxy) is 3. The number of nitro groups is 1. The lowest BCUT2D eigenvalue weighted by molar-refractivity contribution is -0.384. The number of hydrogen-bond acceptors (Lipinski definition) is 16. The van der Waals surface area contributed by atoms with Crippen LogP contribution in [-0.4, -0.2) is 152 Å². The number of nitrogens with one attached hydrogen (secondary N) is 4. The molecule has 1 atom stereocenters. The number of anilines is 2. The zero-order valence-corrected chi connectivity index (χ0v) is 51.8. The third-order valence-corrected chi connectivity index (χ3v) is 18.9. The molecule has 0 radical (unpaired) electrons. The first-order valence-electron chi connectivity index (χ1n) is 30.3. The second-order valence-electron chi connectivity index (χ2n) is 24.1. The van der Waals surface area contributed by atoms with E-state index >= 15 is 0 Å². The highest BCUT2D eigenvalue weighted by Gasteiger charge is 2.40. The number of hydrogen-bond donors (Lipinski definition) is 4. The number of likely N-dealkylation sites (tertiary alicyclic amines) is 1. The standard InChI is InChI=1S/C66H71ClN10O12S/c1-66(2)23-19-47(54(37-66)45-9-11-48(67)12-10-45)40-73-27-29-74(30-28-73)49-13-15-53(59(35-49)89-50-34-46-20-24-68-62(46)70-39-50)63(80)72-90(85,86)51-14-16-56(58(36-51)77(83)84)69-38-43-21-25-75(26-22-43)61(79)42-88-33-32-87-31-4-3-6-44-7-5-8-52-55(44)41-76(65(52)82)57-17-18-60(78)71-64(57)81/h5,7-16,20,24,34-36,39,43,57,69H,4,17-19,21-23,25-33,37-38,40-42H2,1-2H3,(H,68,70)(H,72,80)(H,71,78,81). The van der Waals surface area contributed by atoms with Crippen molar-refractivity contribution in [3.05, 3.63) is 152 Å². The summed E-state index contributed by atoms with van der Waals surface area (Å²) in [5.41, 5.74) is 7.11. The number of aromatic amines is 1. The summed E-state index contributed by atoms with van der Waals surface area (Å²) < 4.78 is 47.7. The average molecular weight is 1260 g/mol. The number of carbonyl (C=O) groups excluding carboxylic acids is 5. The average Bonchev–Trinajstić information content (AvgIpc) is 2.28. The summed E-state index contributed by atoms with van der Waals surface area (Å²) in [4.78, 5) is 91.1. The molecule has 0 bridgehead atoms. The van der Waals surface area contributed by atoms with Crippen LogP contribution in [0.15, 0.2) is 114 Å². The van der Waals surface area contributed by atoms with Crippen LogP contribution in [0.25, 0.3) is 16.6 Å². The van der Waals surface area contributed by atoms with Gasteiger partial charge in [0.05, 0.1) is 41.4 Å². The normalized spacial score (nSPS) is 18.1. The lowest BCUT2D eigenvalue weighted by Gasteiger charge is -2.39. The molecule has 22 nitrogen and oxygen atoms in total. The smallest absolute Gasteiger partial charge is 0.293 e. The third-order valence-electron chi connectivity index (χ3n) is 17.4. The van der Waals surface area contributed by atoms with E-state index < -0.39 is 43.4 Å². The van der Waals surface area contributed by atoms with E-state index in [-0.39, 0.29) is 85.3 Å². The summed E-state index contributed by atoms with van der Waals surface area (Å²) in [7, 11) is -4.67. The first kappa shape index (κ1) is 62.9. The number of halogens is 1. The fraction of sp³-hybridized carbons (Fsp3) is 0.394. The van der Waals surface area contributed by atoms with Crippen molar-refractivity contribution in [1.82, 2.24) is 34.7 Å². The van der Waals surface area contributed by atoms with Crippen molar-refractivity contribution in [3.8, 4) is 23.3 Å². The number of H-pyrrole nitrogens is 1. The minimum absolute atomic E-state index is 0.0479. The van der Waals surface area contributed by atoms with Gasteiger partial charge in [0.25, 0.3) is 27.5 Å². The molecule has 5 amide bonds. The van der Waals surface area contributed by atoms with Gasteiger partial charge in [-0.05, 0) is 127 Å². The number of nitro benzene ring substituents is 1. The molecule has 3 fully saturated rings. The van der Waals surface area contributed by atoms with Crippen LogP contribution in [0, 0.1) is 33.3 Å². The number of sulfonamides is 1. The Balaban J connectivity index is 0.642. The minimum atomic E-state index is -4.67. The van der Waals surface area contributed by atoms with Gasteiger partial charge in [0.15, 0.2) is 0 Å². The Hall–Kier alpha value is -8.66. The maximum Gasteiger partial charge on any atom is 0.293 e. The summed E-state index contributed by atoms with van der Waals surface area (Å²) in [5, 5.41) is 19.4. The van der Waals surface area contributed by atoms with Gasteiger partial charge < -0.3 is 39.2 Å². The first-order chi connectivity index (χ1) is 43.3. The third kappa shape index (κ3) is 15.0. The number of piperidine rings is 2. The zero-order valence-electron chi connectivity index (χ0n) is 50.2. The van der Waals surface area contributed by atoms with Crippen LogP contribution in [-0.2, 0) is 40.4 Å². The molecule has 4 N–H and O–H groups in total. The molecule has 1 aliphatic carbocycles. The fourth-order valence-electron chi connectivity index (χ4n) is 12.3. The molecule has 11 rings (SSSR count). The summed E-state index contributed by atoms with van der Waals surface area (Å²) in [6, 6.07) is 24.7. The van der Waals surface area contributed by atoms with E-state index in [1.807, 2.05) is 24.3 Å². The number of carbonyl (C=O) groups is 5. The number of pyridine rings is 1. The Morgan fingerprint density at radius 1 is 0.900 bits per heavy atom. The van der Waals surface area contributed by atoms with Gasteiger partial charge in [0, 0.05) is 117 Å². The first-order valence-corrected chi connectivity index (χ1v) is 32.2.